The van der Waals surface area contributed by atoms with Crippen LogP contribution in [0.5, 0.6) is 0 Å². The average molecular weight is 215 g/mol. The van der Waals surface area contributed by atoms with Crippen molar-refractivity contribution in [3.63, 3.8) is 0 Å². The second kappa shape index (κ2) is 4.49. The maximum absolute atomic E-state index is 5.81. The number of hydrogen-bond donors (Lipinski definition) is 1. The zero-order chi connectivity index (χ0) is 11.5. The Morgan fingerprint density at radius 1 is 1.31 bits per heavy atom. The van der Waals surface area contributed by atoms with Crippen molar-refractivity contribution in [1.29, 1.82) is 0 Å². The molecular formula is C13H17N3. The highest BCUT2D eigenvalue weighted by Crippen LogP contribution is 2.22. The number of nitrogens with two attached hydrogens (primary N) is 1. The topological polar surface area (TPSA) is 43.8 Å². The van der Waals surface area contributed by atoms with Crippen LogP contribution in [-0.4, -0.2) is 15.8 Å². The second-order valence-corrected chi connectivity index (χ2v) is 4.19. The molecule has 3 heteroatoms. The van der Waals surface area contributed by atoms with Gasteiger partial charge in [0.25, 0.3) is 0 Å². The zero-order valence-electron chi connectivity index (χ0n) is 9.72. The van der Waals surface area contributed by atoms with Crippen molar-refractivity contribution in [3.8, 4) is 11.3 Å². The van der Waals surface area contributed by atoms with E-state index >= 15 is 0 Å². The average Bonchev–Trinajstić information content (AvgIpc) is 2.66. The van der Waals surface area contributed by atoms with Gasteiger partial charge >= 0.3 is 0 Å². The Hall–Kier alpha value is -1.61. The van der Waals surface area contributed by atoms with Gasteiger partial charge in [-0.05, 0) is 25.5 Å². The van der Waals surface area contributed by atoms with Crippen LogP contribution in [0.25, 0.3) is 11.3 Å². The first kappa shape index (κ1) is 10.9. The lowest BCUT2D eigenvalue weighted by atomic mass is 10.1. The number of hydrogen-bond acceptors (Lipinski definition) is 2. The molecule has 2 rings (SSSR count). The molecule has 0 aliphatic rings. The second-order valence-electron chi connectivity index (χ2n) is 4.19. The highest BCUT2D eigenvalue weighted by atomic mass is 15.3. The van der Waals surface area contributed by atoms with E-state index in [-0.39, 0.29) is 6.04 Å². The molecule has 3 nitrogen and oxygen atoms in total. The van der Waals surface area contributed by atoms with Gasteiger partial charge < -0.3 is 5.73 Å². The van der Waals surface area contributed by atoms with Gasteiger partial charge in [0.15, 0.2) is 0 Å². The SMILES string of the molecule is Cc1ccccc1-c1ccnn1CC(C)N. The van der Waals surface area contributed by atoms with Crippen LogP contribution in [0.4, 0.5) is 0 Å². The molecule has 0 saturated heterocycles. The number of aromatic nitrogens is 2. The fourth-order valence-electron chi connectivity index (χ4n) is 1.84. The summed E-state index contributed by atoms with van der Waals surface area (Å²) >= 11 is 0. The van der Waals surface area contributed by atoms with Gasteiger partial charge in [0, 0.05) is 17.8 Å². The first-order valence-electron chi connectivity index (χ1n) is 5.52. The van der Waals surface area contributed by atoms with Crippen LogP contribution >= 0.6 is 0 Å². The lowest BCUT2D eigenvalue weighted by Gasteiger charge is -2.11. The monoisotopic (exact) mass is 215 g/mol. The minimum Gasteiger partial charge on any atom is -0.326 e. The van der Waals surface area contributed by atoms with Gasteiger partial charge in [-0.25, -0.2) is 0 Å². The minimum atomic E-state index is 0.114. The Morgan fingerprint density at radius 3 is 2.75 bits per heavy atom. The van der Waals surface area contributed by atoms with Crippen molar-refractivity contribution < 1.29 is 0 Å². The minimum absolute atomic E-state index is 0.114. The molecule has 0 aliphatic heterocycles. The smallest absolute Gasteiger partial charge is 0.0685 e. The van der Waals surface area contributed by atoms with E-state index in [0.717, 1.165) is 12.2 Å². The molecular weight excluding hydrogens is 198 g/mol. The number of benzene rings is 1. The van der Waals surface area contributed by atoms with Crippen LogP contribution < -0.4 is 5.73 Å². The molecule has 0 radical (unpaired) electrons. The maximum atomic E-state index is 5.81. The molecule has 0 fully saturated rings. The molecule has 1 aromatic carbocycles. The molecule has 0 amide bonds. The van der Waals surface area contributed by atoms with E-state index in [0.29, 0.717) is 0 Å². The number of aryl methyl sites for hydroxylation is 1. The van der Waals surface area contributed by atoms with Gasteiger partial charge in [-0.2, -0.15) is 5.10 Å². The zero-order valence-corrected chi connectivity index (χ0v) is 9.72. The Balaban J connectivity index is 2.41. The first-order chi connectivity index (χ1) is 7.68. The normalized spacial score (nSPS) is 12.7. The van der Waals surface area contributed by atoms with Crippen LogP contribution in [0.1, 0.15) is 12.5 Å². The summed E-state index contributed by atoms with van der Waals surface area (Å²) in [6.45, 7) is 4.85. The van der Waals surface area contributed by atoms with E-state index in [4.69, 9.17) is 5.73 Å². The molecule has 1 atom stereocenters. The van der Waals surface area contributed by atoms with Gasteiger partial charge in [0.05, 0.1) is 12.2 Å². The van der Waals surface area contributed by atoms with Crippen molar-refractivity contribution >= 4 is 0 Å². The molecule has 2 aromatic rings. The van der Waals surface area contributed by atoms with Crippen LogP contribution in [-0.2, 0) is 6.54 Å². The summed E-state index contributed by atoms with van der Waals surface area (Å²) < 4.78 is 1.97. The van der Waals surface area contributed by atoms with Crippen molar-refractivity contribution in [2.45, 2.75) is 26.4 Å². The maximum Gasteiger partial charge on any atom is 0.0685 e. The van der Waals surface area contributed by atoms with E-state index in [1.807, 2.05) is 36.0 Å². The van der Waals surface area contributed by atoms with Crippen molar-refractivity contribution in [3.05, 3.63) is 42.1 Å². The summed E-state index contributed by atoms with van der Waals surface area (Å²) in [6.07, 6.45) is 1.82. The summed E-state index contributed by atoms with van der Waals surface area (Å²) in [4.78, 5) is 0. The lowest BCUT2D eigenvalue weighted by Crippen LogP contribution is -2.23. The summed E-state index contributed by atoms with van der Waals surface area (Å²) in [5, 5.41) is 4.31. The first-order valence-corrected chi connectivity index (χ1v) is 5.52. The van der Waals surface area contributed by atoms with Crippen LogP contribution in [0.2, 0.25) is 0 Å². The van der Waals surface area contributed by atoms with Crippen LogP contribution in [0.3, 0.4) is 0 Å². The summed E-state index contributed by atoms with van der Waals surface area (Å²) in [5.41, 5.74) is 9.42. The van der Waals surface area contributed by atoms with Gasteiger partial charge in [0.2, 0.25) is 0 Å². The molecule has 1 aromatic heterocycles. The predicted octanol–water partition coefficient (Wildman–Crippen LogP) is 2.21. The largest absolute Gasteiger partial charge is 0.326 e. The highest BCUT2D eigenvalue weighted by Gasteiger charge is 2.08. The van der Waals surface area contributed by atoms with E-state index in [1.54, 1.807) is 0 Å². The third-order valence-corrected chi connectivity index (χ3v) is 2.60. The molecule has 84 valence electrons. The van der Waals surface area contributed by atoms with Gasteiger partial charge in [-0.1, -0.05) is 24.3 Å². The summed E-state index contributed by atoms with van der Waals surface area (Å²) in [6, 6.07) is 10.5. The summed E-state index contributed by atoms with van der Waals surface area (Å²) in [5.74, 6) is 0. The van der Waals surface area contributed by atoms with Gasteiger partial charge in [-0.3, -0.25) is 4.68 Å². The molecule has 0 saturated carbocycles. The third-order valence-electron chi connectivity index (χ3n) is 2.60. The van der Waals surface area contributed by atoms with E-state index in [1.165, 1.54) is 11.1 Å². The van der Waals surface area contributed by atoms with E-state index in [9.17, 15) is 0 Å². The Kier molecular flexibility index (Phi) is 3.06. The molecule has 2 N–H and O–H groups in total. The Morgan fingerprint density at radius 2 is 2.06 bits per heavy atom. The Bertz CT molecular complexity index is 472. The fraction of sp³-hybridized carbons (Fsp3) is 0.308. The quantitative estimate of drug-likeness (QED) is 0.853. The molecule has 16 heavy (non-hydrogen) atoms. The van der Waals surface area contributed by atoms with Crippen molar-refractivity contribution in [1.82, 2.24) is 9.78 Å². The summed E-state index contributed by atoms with van der Waals surface area (Å²) in [7, 11) is 0. The van der Waals surface area contributed by atoms with E-state index in [2.05, 4.69) is 24.2 Å². The fourth-order valence-corrected chi connectivity index (χ4v) is 1.84. The number of nitrogens with zero attached hydrogens (tertiary/aromatic N) is 2. The van der Waals surface area contributed by atoms with E-state index < -0.39 is 0 Å². The van der Waals surface area contributed by atoms with Crippen molar-refractivity contribution in [2.75, 3.05) is 0 Å². The number of rotatable bonds is 3. The molecule has 0 aliphatic carbocycles. The van der Waals surface area contributed by atoms with Gasteiger partial charge in [-0.15, -0.1) is 0 Å². The van der Waals surface area contributed by atoms with Crippen LogP contribution in [0, 0.1) is 6.92 Å². The Labute approximate surface area is 95.9 Å². The highest BCUT2D eigenvalue weighted by molar-refractivity contribution is 5.63. The lowest BCUT2D eigenvalue weighted by molar-refractivity contribution is 0.543. The van der Waals surface area contributed by atoms with Crippen molar-refractivity contribution in [2.24, 2.45) is 5.73 Å². The van der Waals surface area contributed by atoms with Crippen LogP contribution in [0.15, 0.2) is 36.5 Å². The molecule has 1 heterocycles. The predicted molar refractivity (Wildman–Crippen MR) is 66.0 cm³/mol. The standard InChI is InChI=1S/C13H17N3/c1-10-5-3-4-6-12(10)13-7-8-15-16(13)9-11(2)14/h3-8,11H,9,14H2,1-2H3. The molecule has 0 spiro atoms. The molecule has 0 bridgehead atoms. The van der Waals surface area contributed by atoms with Gasteiger partial charge in [0.1, 0.15) is 0 Å². The third kappa shape index (κ3) is 2.14. The molecule has 1 unspecified atom stereocenters.